The van der Waals surface area contributed by atoms with Crippen molar-refractivity contribution in [3.8, 4) is 0 Å². The molecule has 0 saturated carbocycles. The van der Waals surface area contributed by atoms with Gasteiger partial charge in [-0.25, -0.2) is 19.3 Å². The number of esters is 3. The number of rotatable bonds is 13. The molecule has 0 spiro atoms. The fourth-order valence-electron chi connectivity index (χ4n) is 6.58. The van der Waals surface area contributed by atoms with Crippen LogP contribution in [0.1, 0.15) is 65.0 Å². The van der Waals surface area contributed by atoms with Gasteiger partial charge in [0.25, 0.3) is 5.91 Å². The largest absolute Gasteiger partial charge is 1.00 e. The Morgan fingerprint density at radius 1 is 1.00 bits per heavy atom. The molecule has 7 atom stereocenters. The maximum Gasteiger partial charge on any atom is 0.367 e. The van der Waals surface area contributed by atoms with E-state index >= 15 is 0 Å². The van der Waals surface area contributed by atoms with Crippen LogP contribution in [0.25, 0.3) is 0 Å². The number of quaternary nitrogens is 1. The summed E-state index contributed by atoms with van der Waals surface area (Å²) in [4.78, 5) is 91.3. The predicted octanol–water partition coefficient (Wildman–Crippen LogP) is -3.51. The second-order valence-electron chi connectivity index (χ2n) is 13.2. The summed E-state index contributed by atoms with van der Waals surface area (Å²) in [5.74, 6) is -4.87. The minimum absolute atomic E-state index is 0. The number of carboxylic acids is 1. The fourth-order valence-corrected chi connectivity index (χ4v) is 9.97. The van der Waals surface area contributed by atoms with Crippen LogP contribution in [-0.2, 0) is 47.8 Å². The van der Waals surface area contributed by atoms with Gasteiger partial charge in [0, 0.05) is 17.6 Å². The number of thioether (sulfide) groups is 2. The smallest absolute Gasteiger partial charge is 0.367 e. The number of fused-ring (bicyclic) bond motifs is 2. The lowest BCUT2D eigenvalue weighted by atomic mass is 9.84. The van der Waals surface area contributed by atoms with Crippen LogP contribution in [0.4, 0.5) is 0 Å². The fraction of sp³-hybridized carbons (Fsp3) is 0.581. The maximum atomic E-state index is 14.1. The number of carboxylic acid groups (broad SMARTS) is 1. The molecule has 4 fully saturated rings. The average Bonchev–Trinajstić information content (AvgIpc) is 3.42. The summed E-state index contributed by atoms with van der Waals surface area (Å²) >= 11 is 2.72. The summed E-state index contributed by atoms with van der Waals surface area (Å²) in [5.41, 5.74) is 4.96. The number of aliphatic carboxylic acids is 1. The van der Waals surface area contributed by atoms with E-state index in [0.29, 0.717) is 16.9 Å². The quantitative estimate of drug-likeness (QED) is 0.0868. The third-order valence-electron chi connectivity index (χ3n) is 9.02. The summed E-state index contributed by atoms with van der Waals surface area (Å²) in [6, 6.07) is 5.36. The molecule has 268 valence electrons. The van der Waals surface area contributed by atoms with Crippen LogP contribution in [0.3, 0.4) is 0 Å². The number of hydrogen-bond acceptors (Lipinski definition) is 13. The standard InChI is InChI=1S/C31H38N4O11S2.BrH/c1-29(2)22(34-17(36)13-18(34)47-29)25(41)44-14-31(33-24(40)21(32)16-9-6-5-7-10-16)27(43)35-23(30(3,4)48-28(31)35)26(42)46-15-45-20(39)12-8-11-19(37)38;/h5-7,9-10,18,21-23,28H,8,11-15,32H2,1-4H3,(H,33,40)(H,37,38);1H/t18-,21?,22+,23+,28-,31?;/m1./s1. The Labute approximate surface area is 301 Å². The van der Waals surface area contributed by atoms with Crippen molar-refractivity contribution in [3.05, 3.63) is 35.9 Å². The van der Waals surface area contributed by atoms with Gasteiger partial charge in [0.1, 0.15) is 30.5 Å². The number of carbonyl (C=O) groups is 7. The van der Waals surface area contributed by atoms with Crippen molar-refractivity contribution in [2.45, 2.75) is 97.3 Å². The van der Waals surface area contributed by atoms with Crippen LogP contribution in [0.2, 0.25) is 0 Å². The Kier molecular flexibility index (Phi) is 11.5. The number of nitrogens with one attached hydrogen (secondary N) is 2. The van der Waals surface area contributed by atoms with E-state index in [-0.39, 0.29) is 47.5 Å². The van der Waals surface area contributed by atoms with Crippen LogP contribution in [0, 0.1) is 0 Å². The van der Waals surface area contributed by atoms with Gasteiger partial charge in [-0.1, -0.05) is 42.1 Å². The van der Waals surface area contributed by atoms with E-state index in [1.807, 2.05) is 13.8 Å². The highest BCUT2D eigenvalue weighted by Crippen LogP contribution is 2.55. The van der Waals surface area contributed by atoms with Gasteiger partial charge in [0.2, 0.25) is 18.7 Å². The molecule has 0 aromatic heterocycles. The van der Waals surface area contributed by atoms with Crippen LogP contribution in [0.15, 0.2) is 30.3 Å². The van der Waals surface area contributed by atoms with Crippen molar-refractivity contribution < 1.29 is 74.8 Å². The van der Waals surface area contributed by atoms with Gasteiger partial charge >= 0.3 is 29.8 Å². The molecule has 4 saturated heterocycles. The third kappa shape index (κ3) is 7.34. The van der Waals surface area contributed by atoms with Crippen LogP contribution < -0.4 is 32.9 Å². The Morgan fingerprint density at radius 3 is 2.31 bits per heavy atom. The minimum Gasteiger partial charge on any atom is -1.00 e. The van der Waals surface area contributed by atoms with Crippen molar-refractivity contribution in [1.82, 2.24) is 10.2 Å². The van der Waals surface area contributed by atoms with Crippen molar-refractivity contribution in [2.24, 2.45) is 5.73 Å². The van der Waals surface area contributed by atoms with Crippen molar-refractivity contribution in [1.29, 1.82) is 0 Å². The second-order valence-corrected chi connectivity index (χ2v) is 16.8. The Morgan fingerprint density at radius 2 is 1.67 bits per heavy atom. The number of nitrogens with zero attached hydrogens (tertiary/aromatic N) is 1. The molecule has 0 aliphatic carbocycles. The number of ether oxygens (including phenoxy) is 3. The normalized spacial score (nSPS) is 29.2. The molecule has 0 bridgehead atoms. The minimum atomic E-state index is -1.80. The van der Waals surface area contributed by atoms with E-state index in [9.17, 15) is 33.6 Å². The highest BCUT2D eigenvalue weighted by molar-refractivity contribution is 8.01. The molecule has 1 aromatic rings. The zero-order valence-corrected chi connectivity index (χ0v) is 30.5. The average molecular weight is 788 g/mol. The Hall–Kier alpha value is -3.19. The van der Waals surface area contributed by atoms with Gasteiger partial charge in [-0.05, 0) is 39.7 Å². The molecular weight excluding hydrogens is 748 g/mol. The van der Waals surface area contributed by atoms with E-state index in [2.05, 4.69) is 5.32 Å². The number of β-lactam (4-membered cyclic amide) rings is 2. The molecule has 1 aromatic carbocycles. The molecule has 49 heavy (non-hydrogen) atoms. The summed E-state index contributed by atoms with van der Waals surface area (Å²) < 4.78 is 14.3. The third-order valence-corrected chi connectivity index (χ3v) is 12.2. The van der Waals surface area contributed by atoms with Gasteiger partial charge in [0.05, 0.1) is 4.75 Å². The Balaban J connectivity index is 0.00000541. The number of benzene rings is 1. The molecule has 18 heteroatoms. The van der Waals surface area contributed by atoms with Crippen molar-refractivity contribution in [3.63, 3.8) is 0 Å². The van der Waals surface area contributed by atoms with Gasteiger partial charge in [0.15, 0.2) is 10.9 Å². The SMILES string of the molecule is CC1(C)S[C@H]2N(C(=O)C2(COC(=O)[C@@H]2[NH+]3C(=O)C[C@H]3SC2(C)C)NC(=O)C(N)c2ccccc2)[C@H]1C(=O)OCOC(=O)CCCC(=O)O.[Br-]. The number of halogens is 1. The summed E-state index contributed by atoms with van der Waals surface area (Å²) in [7, 11) is 0. The highest BCUT2D eigenvalue weighted by Gasteiger charge is 2.73. The molecule has 4 heterocycles. The van der Waals surface area contributed by atoms with Crippen molar-refractivity contribution in [2.75, 3.05) is 13.4 Å². The monoisotopic (exact) mass is 786 g/mol. The topological polar surface area (TPSA) is 213 Å². The van der Waals surface area contributed by atoms with E-state index in [4.69, 9.17) is 25.1 Å². The first-order valence-corrected chi connectivity index (χ1v) is 17.2. The lowest BCUT2D eigenvalue weighted by Crippen LogP contribution is -3.26. The maximum absolute atomic E-state index is 14.1. The van der Waals surface area contributed by atoms with E-state index in [1.165, 1.54) is 28.4 Å². The lowest BCUT2D eigenvalue weighted by molar-refractivity contribution is -0.872. The molecule has 0 radical (unpaired) electrons. The summed E-state index contributed by atoms with van der Waals surface area (Å²) in [5, 5.41) is 10.5. The molecule has 4 aliphatic rings. The van der Waals surface area contributed by atoms with Gasteiger partial charge in [-0.15, -0.1) is 11.8 Å². The number of amides is 3. The van der Waals surface area contributed by atoms with Crippen LogP contribution in [0.5, 0.6) is 0 Å². The van der Waals surface area contributed by atoms with E-state index in [1.54, 1.807) is 44.2 Å². The number of hydrogen-bond donors (Lipinski definition) is 4. The molecule has 5 N–H and O–H groups in total. The number of carbonyl (C=O) groups excluding carboxylic acids is 6. The molecule has 15 nitrogen and oxygen atoms in total. The van der Waals surface area contributed by atoms with Crippen molar-refractivity contribution >= 4 is 65.1 Å². The molecule has 5 rings (SSSR count). The van der Waals surface area contributed by atoms with E-state index < -0.39 is 87.6 Å². The summed E-state index contributed by atoms with van der Waals surface area (Å²) in [6.45, 7) is 5.81. The van der Waals surface area contributed by atoms with Gasteiger partial charge < -0.3 is 52.2 Å². The molecule has 3 amide bonds. The van der Waals surface area contributed by atoms with Gasteiger partial charge in [-0.3, -0.25) is 19.2 Å². The Bertz CT molecular complexity index is 1530. The van der Waals surface area contributed by atoms with E-state index in [0.717, 1.165) is 0 Å². The molecular formula is C31H39BrN4O11S2. The first-order valence-electron chi connectivity index (χ1n) is 15.4. The zero-order valence-electron chi connectivity index (χ0n) is 27.3. The molecule has 3 unspecified atom stereocenters. The van der Waals surface area contributed by atoms with Gasteiger partial charge in [-0.2, -0.15) is 0 Å². The van der Waals surface area contributed by atoms with Crippen LogP contribution in [-0.4, -0.2) is 103 Å². The molecule has 4 aliphatic heterocycles. The lowest BCUT2D eigenvalue weighted by Gasteiger charge is -2.52. The first kappa shape index (κ1) is 38.6. The predicted molar refractivity (Wildman–Crippen MR) is 170 cm³/mol. The summed E-state index contributed by atoms with van der Waals surface area (Å²) in [6.07, 6.45) is 0.00348. The number of nitrogens with two attached hydrogens (primary N) is 1. The second kappa shape index (κ2) is 14.6. The van der Waals surface area contributed by atoms with Crippen LogP contribution >= 0.6 is 23.5 Å². The highest BCUT2D eigenvalue weighted by atomic mass is 79.9. The first-order chi connectivity index (χ1) is 22.5. The zero-order chi connectivity index (χ0) is 35.2.